The van der Waals surface area contributed by atoms with Crippen molar-refractivity contribution in [1.82, 2.24) is 5.32 Å². The van der Waals surface area contributed by atoms with Gasteiger partial charge in [-0.05, 0) is 41.3 Å². The second kappa shape index (κ2) is 9.07. The number of nitrogens with one attached hydrogen (secondary N) is 2. The molecule has 1 aliphatic heterocycles. The lowest BCUT2D eigenvalue weighted by Gasteiger charge is -2.18. The largest absolute Gasteiger partial charge is 0.490 e. The Balaban J connectivity index is 1.42. The topological polar surface area (TPSA) is 59.6 Å². The number of hydrogen-bond acceptors (Lipinski definition) is 5. The van der Waals surface area contributed by atoms with E-state index in [4.69, 9.17) is 9.47 Å². The first-order valence-corrected chi connectivity index (χ1v) is 10.3. The van der Waals surface area contributed by atoms with Crippen molar-refractivity contribution >= 4 is 22.9 Å². The molecule has 0 aliphatic carbocycles. The van der Waals surface area contributed by atoms with Gasteiger partial charge in [-0.1, -0.05) is 18.2 Å². The summed E-state index contributed by atoms with van der Waals surface area (Å²) in [5.41, 5.74) is 1.55. The zero-order valence-corrected chi connectivity index (χ0v) is 16.5. The fourth-order valence-electron chi connectivity index (χ4n) is 3.13. The molecule has 4 rings (SSSR count). The van der Waals surface area contributed by atoms with E-state index in [1.165, 1.54) is 12.1 Å². The molecule has 1 aliphatic rings. The van der Waals surface area contributed by atoms with E-state index in [1.807, 2.05) is 17.5 Å². The third-order valence-corrected chi connectivity index (χ3v) is 5.47. The summed E-state index contributed by atoms with van der Waals surface area (Å²) in [6.07, 6.45) is 0.827. The number of fused-ring (bicyclic) bond motifs is 1. The molecule has 29 heavy (non-hydrogen) atoms. The highest BCUT2D eigenvalue weighted by molar-refractivity contribution is 7.10. The molecule has 0 saturated carbocycles. The zero-order chi connectivity index (χ0) is 20.1. The second-order valence-electron chi connectivity index (χ2n) is 6.64. The van der Waals surface area contributed by atoms with Gasteiger partial charge < -0.3 is 14.8 Å². The van der Waals surface area contributed by atoms with E-state index in [-0.39, 0.29) is 24.3 Å². The Bertz CT molecular complexity index is 961. The van der Waals surface area contributed by atoms with Crippen LogP contribution in [0, 0.1) is 5.82 Å². The van der Waals surface area contributed by atoms with Crippen molar-refractivity contribution < 1.29 is 18.7 Å². The molecule has 0 radical (unpaired) electrons. The molecule has 2 N–H and O–H groups in total. The second-order valence-corrected chi connectivity index (χ2v) is 7.62. The van der Waals surface area contributed by atoms with Gasteiger partial charge >= 0.3 is 0 Å². The molecule has 0 fully saturated rings. The van der Waals surface area contributed by atoms with E-state index in [0.29, 0.717) is 30.4 Å². The Hall–Kier alpha value is -2.90. The molecule has 3 aromatic rings. The highest BCUT2D eigenvalue weighted by atomic mass is 32.1. The number of halogens is 1. The highest BCUT2D eigenvalue weighted by Crippen LogP contribution is 2.32. The number of carbonyl (C=O) groups is 1. The Labute approximate surface area is 172 Å². The van der Waals surface area contributed by atoms with E-state index in [9.17, 15) is 9.18 Å². The van der Waals surface area contributed by atoms with Gasteiger partial charge in [0.15, 0.2) is 11.5 Å². The first-order chi connectivity index (χ1) is 14.2. The fraction of sp³-hybridized carbons (Fsp3) is 0.227. The minimum Gasteiger partial charge on any atom is -0.490 e. The molecule has 0 unspecified atom stereocenters. The van der Waals surface area contributed by atoms with E-state index < -0.39 is 0 Å². The lowest BCUT2D eigenvalue weighted by molar-refractivity contribution is -0.115. The number of carbonyl (C=O) groups excluding carboxylic acids is 1. The summed E-state index contributed by atoms with van der Waals surface area (Å²) in [6.45, 7) is 1.32. The van der Waals surface area contributed by atoms with Crippen molar-refractivity contribution in [2.45, 2.75) is 12.5 Å². The molecule has 2 aromatic carbocycles. The standard InChI is InChI=1S/C22H21FN2O3S/c23-16-6-4-15(5-7-16)22(20-3-1-12-29-20)24-14-21(26)25-17-8-9-18-19(13-17)28-11-2-10-27-18/h1,3-9,12-13,22,24H,2,10-11,14H2,(H,25,26)/t22-/m1/s1. The number of thiophene rings is 1. The van der Waals surface area contributed by atoms with Gasteiger partial charge in [0, 0.05) is 23.1 Å². The summed E-state index contributed by atoms with van der Waals surface area (Å²) in [5, 5.41) is 8.13. The van der Waals surface area contributed by atoms with Gasteiger partial charge in [0.1, 0.15) is 5.82 Å². The highest BCUT2D eigenvalue weighted by Gasteiger charge is 2.17. The molecular formula is C22H21FN2O3S. The molecule has 5 nitrogen and oxygen atoms in total. The van der Waals surface area contributed by atoms with Crippen LogP contribution in [0.4, 0.5) is 10.1 Å². The van der Waals surface area contributed by atoms with E-state index in [0.717, 1.165) is 16.9 Å². The molecule has 0 spiro atoms. The van der Waals surface area contributed by atoms with Crippen molar-refractivity contribution in [1.29, 1.82) is 0 Å². The van der Waals surface area contributed by atoms with Crippen molar-refractivity contribution in [2.75, 3.05) is 25.1 Å². The van der Waals surface area contributed by atoms with E-state index in [1.54, 1.807) is 41.7 Å². The molecule has 0 saturated heterocycles. The maximum atomic E-state index is 13.3. The van der Waals surface area contributed by atoms with Gasteiger partial charge in [-0.2, -0.15) is 0 Å². The van der Waals surface area contributed by atoms with Crippen LogP contribution in [0.1, 0.15) is 22.9 Å². The van der Waals surface area contributed by atoms with Crippen LogP contribution in [0.5, 0.6) is 11.5 Å². The first kappa shape index (κ1) is 19.4. The number of rotatable bonds is 6. The van der Waals surface area contributed by atoms with Gasteiger partial charge in [-0.3, -0.25) is 10.1 Å². The van der Waals surface area contributed by atoms with E-state index in [2.05, 4.69) is 10.6 Å². The summed E-state index contributed by atoms with van der Waals surface area (Å²) in [4.78, 5) is 13.6. The van der Waals surface area contributed by atoms with Gasteiger partial charge in [-0.15, -0.1) is 11.3 Å². The van der Waals surface area contributed by atoms with Crippen molar-refractivity contribution in [2.24, 2.45) is 0 Å². The van der Waals surface area contributed by atoms with Crippen molar-refractivity contribution in [3.8, 4) is 11.5 Å². The predicted octanol–water partition coefficient (Wildman–Crippen LogP) is 4.37. The molecule has 2 heterocycles. The number of benzene rings is 2. The van der Waals surface area contributed by atoms with E-state index >= 15 is 0 Å². The van der Waals surface area contributed by atoms with Gasteiger partial charge in [0.2, 0.25) is 5.91 Å². The number of hydrogen-bond donors (Lipinski definition) is 2. The molecule has 1 atom stereocenters. The Morgan fingerprint density at radius 1 is 1.07 bits per heavy atom. The minimum absolute atomic E-state index is 0.106. The summed E-state index contributed by atoms with van der Waals surface area (Å²) in [5.74, 6) is 0.859. The molecule has 7 heteroatoms. The number of amides is 1. The van der Waals surface area contributed by atoms with Crippen LogP contribution in [0.25, 0.3) is 0 Å². The summed E-state index contributed by atoms with van der Waals surface area (Å²) < 4.78 is 24.6. The monoisotopic (exact) mass is 412 g/mol. The first-order valence-electron chi connectivity index (χ1n) is 9.41. The van der Waals surface area contributed by atoms with Crippen LogP contribution in [0.3, 0.4) is 0 Å². The number of ether oxygens (including phenoxy) is 2. The normalized spacial score (nSPS) is 14.1. The Morgan fingerprint density at radius 2 is 1.86 bits per heavy atom. The van der Waals surface area contributed by atoms with Gasteiger partial charge in [0.05, 0.1) is 25.8 Å². The third kappa shape index (κ3) is 4.93. The Kier molecular flexibility index (Phi) is 6.07. The smallest absolute Gasteiger partial charge is 0.238 e. The SMILES string of the molecule is O=C(CN[C@H](c1ccc(F)cc1)c1cccs1)Nc1ccc2c(c1)OCCCO2. The van der Waals surface area contributed by atoms with Crippen LogP contribution in [-0.4, -0.2) is 25.7 Å². The quantitative estimate of drug-likeness (QED) is 0.631. The average Bonchev–Trinajstić information content (AvgIpc) is 3.15. The minimum atomic E-state index is -0.286. The van der Waals surface area contributed by atoms with Gasteiger partial charge in [-0.25, -0.2) is 4.39 Å². The molecule has 0 bridgehead atoms. The summed E-state index contributed by atoms with van der Waals surface area (Å²) >= 11 is 1.58. The molecular weight excluding hydrogens is 391 g/mol. The summed E-state index contributed by atoms with van der Waals surface area (Å²) in [6, 6.07) is 15.4. The Morgan fingerprint density at radius 3 is 2.62 bits per heavy atom. The van der Waals surface area contributed by atoms with Crippen molar-refractivity contribution in [3.05, 3.63) is 76.2 Å². The van der Waals surface area contributed by atoms with Crippen LogP contribution in [-0.2, 0) is 4.79 Å². The van der Waals surface area contributed by atoms with Crippen LogP contribution < -0.4 is 20.1 Å². The van der Waals surface area contributed by atoms with Crippen molar-refractivity contribution in [3.63, 3.8) is 0 Å². The molecule has 150 valence electrons. The maximum absolute atomic E-state index is 13.3. The predicted molar refractivity (Wildman–Crippen MR) is 111 cm³/mol. The fourth-order valence-corrected chi connectivity index (χ4v) is 3.96. The maximum Gasteiger partial charge on any atom is 0.238 e. The average molecular weight is 412 g/mol. The van der Waals surface area contributed by atoms with Crippen LogP contribution in [0.2, 0.25) is 0 Å². The zero-order valence-electron chi connectivity index (χ0n) is 15.7. The van der Waals surface area contributed by atoms with Crippen LogP contribution >= 0.6 is 11.3 Å². The third-order valence-electron chi connectivity index (χ3n) is 4.53. The molecule has 1 aromatic heterocycles. The summed E-state index contributed by atoms with van der Waals surface area (Å²) in [7, 11) is 0. The molecule has 1 amide bonds. The van der Waals surface area contributed by atoms with Gasteiger partial charge in [0.25, 0.3) is 0 Å². The lowest BCUT2D eigenvalue weighted by atomic mass is 10.1. The van der Waals surface area contributed by atoms with Crippen LogP contribution in [0.15, 0.2) is 60.0 Å². The number of anilines is 1. The lowest BCUT2D eigenvalue weighted by Crippen LogP contribution is -2.31.